The smallest absolute Gasteiger partial charge is 0.222 e. The lowest BCUT2D eigenvalue weighted by Crippen LogP contribution is -2.24. The number of aromatic nitrogens is 4. The maximum absolute atomic E-state index is 12.1. The number of carbonyl (C=O) groups is 1. The van der Waals surface area contributed by atoms with Gasteiger partial charge >= 0.3 is 0 Å². The second kappa shape index (κ2) is 8.04. The van der Waals surface area contributed by atoms with Crippen molar-refractivity contribution in [3.63, 3.8) is 0 Å². The molecule has 3 aromatic rings. The molecule has 130 valence electrons. The lowest BCUT2D eigenvalue weighted by Gasteiger charge is -2.07. The van der Waals surface area contributed by atoms with Gasteiger partial charge in [0.1, 0.15) is 0 Å². The summed E-state index contributed by atoms with van der Waals surface area (Å²) in [5.74, 6) is 1.24. The Morgan fingerprint density at radius 2 is 2.32 bits per heavy atom. The highest BCUT2D eigenvalue weighted by atomic mass is 32.1. The molecule has 3 aromatic heterocycles. The third kappa shape index (κ3) is 4.31. The number of ether oxygens (including phenoxy) is 1. The zero-order chi connectivity index (χ0) is 17.6. The Morgan fingerprint density at radius 3 is 3.00 bits per heavy atom. The zero-order valence-corrected chi connectivity index (χ0v) is 15.2. The second-order valence-corrected chi connectivity index (χ2v) is 6.55. The van der Waals surface area contributed by atoms with Crippen molar-refractivity contribution in [2.75, 3.05) is 7.11 Å². The average Bonchev–Trinajstić information content (AvgIpc) is 3.28. The van der Waals surface area contributed by atoms with Crippen molar-refractivity contribution in [2.45, 2.75) is 19.5 Å². The van der Waals surface area contributed by atoms with Crippen LogP contribution >= 0.6 is 23.6 Å². The first-order valence-corrected chi connectivity index (χ1v) is 8.91. The van der Waals surface area contributed by atoms with E-state index in [1.807, 2.05) is 28.1 Å². The molecular formula is C16H17N5O2S2. The van der Waals surface area contributed by atoms with E-state index in [0.717, 1.165) is 16.3 Å². The highest BCUT2D eigenvalue weighted by molar-refractivity contribution is 7.71. The van der Waals surface area contributed by atoms with Gasteiger partial charge in [-0.05, 0) is 29.2 Å². The van der Waals surface area contributed by atoms with E-state index in [-0.39, 0.29) is 5.91 Å². The third-order valence-electron chi connectivity index (χ3n) is 3.56. The first-order chi connectivity index (χ1) is 12.2. The largest absolute Gasteiger partial charge is 0.481 e. The molecule has 3 heterocycles. The fraction of sp³-hybridized carbons (Fsp3) is 0.250. The molecule has 1 amide bonds. The van der Waals surface area contributed by atoms with Gasteiger partial charge in [0.2, 0.25) is 11.8 Å². The molecule has 0 spiro atoms. The Hall–Kier alpha value is -2.52. The van der Waals surface area contributed by atoms with Crippen LogP contribution < -0.4 is 10.1 Å². The lowest BCUT2D eigenvalue weighted by molar-refractivity contribution is -0.121. The molecule has 0 aliphatic carbocycles. The number of nitrogens with one attached hydrogen (secondary N) is 2. The molecule has 25 heavy (non-hydrogen) atoms. The number of aromatic amines is 1. The fourth-order valence-corrected chi connectivity index (χ4v) is 3.20. The Labute approximate surface area is 153 Å². The highest BCUT2D eigenvalue weighted by Crippen LogP contribution is 2.22. The van der Waals surface area contributed by atoms with Gasteiger partial charge in [0.15, 0.2) is 10.6 Å². The Bertz CT molecular complexity index is 884. The third-order valence-corrected chi connectivity index (χ3v) is 4.74. The molecule has 2 N–H and O–H groups in total. The van der Waals surface area contributed by atoms with Gasteiger partial charge in [-0.1, -0.05) is 12.1 Å². The van der Waals surface area contributed by atoms with Crippen molar-refractivity contribution < 1.29 is 9.53 Å². The standard InChI is InChI=1S/C16H17N5O2S2/c1-23-14-5-4-11(10-18-14)9-17-13(22)6-7-21-15(19-20-16(21)24)12-3-2-8-25-12/h2-5,8,10H,6-7,9H2,1H3,(H,17,22)(H,20,24). The molecule has 0 atom stereocenters. The lowest BCUT2D eigenvalue weighted by atomic mass is 10.2. The number of rotatable bonds is 7. The van der Waals surface area contributed by atoms with Crippen LogP contribution in [0.2, 0.25) is 0 Å². The van der Waals surface area contributed by atoms with Crippen LogP contribution in [0.4, 0.5) is 0 Å². The fourth-order valence-electron chi connectivity index (χ4n) is 2.26. The number of methoxy groups -OCH3 is 1. The number of pyridine rings is 1. The average molecular weight is 375 g/mol. The Kier molecular flexibility index (Phi) is 5.56. The van der Waals surface area contributed by atoms with E-state index >= 15 is 0 Å². The zero-order valence-electron chi connectivity index (χ0n) is 13.6. The van der Waals surface area contributed by atoms with Crippen LogP contribution in [-0.2, 0) is 17.9 Å². The van der Waals surface area contributed by atoms with Gasteiger partial charge in [-0.15, -0.1) is 11.3 Å². The van der Waals surface area contributed by atoms with Crippen LogP contribution in [0.3, 0.4) is 0 Å². The summed E-state index contributed by atoms with van der Waals surface area (Å²) in [6, 6.07) is 7.56. The van der Waals surface area contributed by atoms with Crippen LogP contribution in [-0.4, -0.2) is 32.8 Å². The predicted molar refractivity (Wildman–Crippen MR) is 98.0 cm³/mol. The quantitative estimate of drug-likeness (QED) is 0.620. The van der Waals surface area contributed by atoms with Crippen LogP contribution in [0.1, 0.15) is 12.0 Å². The van der Waals surface area contributed by atoms with Crippen LogP contribution in [0.5, 0.6) is 5.88 Å². The van der Waals surface area contributed by atoms with E-state index in [2.05, 4.69) is 20.5 Å². The SMILES string of the molecule is COc1ccc(CNC(=O)CCn2c(-c3cccs3)n[nH]c2=S)cn1. The van der Waals surface area contributed by atoms with Crippen LogP contribution in [0, 0.1) is 4.77 Å². The number of hydrogen-bond donors (Lipinski definition) is 2. The summed E-state index contributed by atoms with van der Waals surface area (Å²) >= 11 is 6.84. The van der Waals surface area contributed by atoms with E-state index in [0.29, 0.717) is 30.2 Å². The first-order valence-electron chi connectivity index (χ1n) is 7.62. The summed E-state index contributed by atoms with van der Waals surface area (Å²) in [6.45, 7) is 0.889. The summed E-state index contributed by atoms with van der Waals surface area (Å²) in [4.78, 5) is 17.2. The monoisotopic (exact) mass is 375 g/mol. The second-order valence-electron chi connectivity index (χ2n) is 5.22. The molecule has 0 aliphatic rings. The number of hydrogen-bond acceptors (Lipinski definition) is 6. The maximum Gasteiger partial charge on any atom is 0.222 e. The molecule has 3 rings (SSSR count). The van der Waals surface area contributed by atoms with Gasteiger partial charge in [0, 0.05) is 31.8 Å². The number of thiophene rings is 1. The van der Waals surface area contributed by atoms with Crippen molar-refractivity contribution in [3.8, 4) is 16.6 Å². The predicted octanol–water partition coefficient (Wildman–Crippen LogP) is 2.78. The Morgan fingerprint density at radius 1 is 1.44 bits per heavy atom. The van der Waals surface area contributed by atoms with E-state index in [1.165, 1.54) is 0 Å². The van der Waals surface area contributed by atoms with Crippen LogP contribution in [0.15, 0.2) is 35.8 Å². The summed E-state index contributed by atoms with van der Waals surface area (Å²) in [7, 11) is 1.56. The molecule has 0 unspecified atom stereocenters. The molecule has 0 saturated heterocycles. The molecule has 0 aromatic carbocycles. The molecule has 0 radical (unpaired) electrons. The van der Waals surface area contributed by atoms with Crippen molar-refractivity contribution in [1.29, 1.82) is 0 Å². The normalized spacial score (nSPS) is 10.6. The van der Waals surface area contributed by atoms with Crippen molar-refractivity contribution in [1.82, 2.24) is 25.1 Å². The minimum Gasteiger partial charge on any atom is -0.481 e. The number of nitrogens with zero attached hydrogens (tertiary/aromatic N) is 3. The highest BCUT2D eigenvalue weighted by Gasteiger charge is 2.11. The van der Waals surface area contributed by atoms with E-state index in [4.69, 9.17) is 17.0 Å². The summed E-state index contributed by atoms with van der Waals surface area (Å²) in [6.07, 6.45) is 2.00. The van der Waals surface area contributed by atoms with E-state index < -0.39 is 0 Å². The number of amides is 1. The number of carbonyl (C=O) groups excluding carboxylic acids is 1. The van der Waals surface area contributed by atoms with Gasteiger partial charge < -0.3 is 10.1 Å². The minimum absolute atomic E-state index is 0.0592. The summed E-state index contributed by atoms with van der Waals surface area (Å²) in [5, 5.41) is 11.9. The topological polar surface area (TPSA) is 84.8 Å². The van der Waals surface area contributed by atoms with Crippen LogP contribution in [0.25, 0.3) is 10.7 Å². The summed E-state index contributed by atoms with van der Waals surface area (Å²) < 4.78 is 7.36. The van der Waals surface area contributed by atoms with Crippen molar-refractivity contribution in [2.24, 2.45) is 0 Å². The van der Waals surface area contributed by atoms with E-state index in [1.54, 1.807) is 30.7 Å². The van der Waals surface area contributed by atoms with Crippen molar-refractivity contribution >= 4 is 29.5 Å². The maximum atomic E-state index is 12.1. The first kappa shape index (κ1) is 17.3. The molecule has 0 bridgehead atoms. The molecule has 7 nitrogen and oxygen atoms in total. The van der Waals surface area contributed by atoms with Gasteiger partial charge in [0.25, 0.3) is 0 Å². The van der Waals surface area contributed by atoms with Gasteiger partial charge in [-0.3, -0.25) is 14.5 Å². The molecular weight excluding hydrogens is 358 g/mol. The molecule has 9 heteroatoms. The Balaban J connectivity index is 1.56. The van der Waals surface area contributed by atoms with Gasteiger partial charge in [0.05, 0.1) is 12.0 Å². The minimum atomic E-state index is -0.0592. The van der Waals surface area contributed by atoms with Gasteiger partial charge in [-0.2, -0.15) is 5.10 Å². The molecule has 0 aliphatic heterocycles. The van der Waals surface area contributed by atoms with Gasteiger partial charge in [-0.25, -0.2) is 4.98 Å². The summed E-state index contributed by atoms with van der Waals surface area (Å²) in [5.41, 5.74) is 0.911. The molecule has 0 saturated carbocycles. The number of H-pyrrole nitrogens is 1. The molecule has 0 fully saturated rings. The van der Waals surface area contributed by atoms with Crippen molar-refractivity contribution in [3.05, 3.63) is 46.2 Å². The van der Waals surface area contributed by atoms with E-state index in [9.17, 15) is 4.79 Å².